The highest BCUT2D eigenvalue weighted by Crippen LogP contribution is 2.40. The maximum Gasteiger partial charge on any atom is 0.248 e. The molecule has 31 heavy (non-hydrogen) atoms. The average Bonchev–Trinajstić information content (AvgIpc) is 2.75. The molecule has 0 saturated carbocycles. The van der Waals surface area contributed by atoms with Crippen molar-refractivity contribution in [2.75, 3.05) is 16.8 Å². The first-order chi connectivity index (χ1) is 15.0. The Labute approximate surface area is 184 Å². The number of aromatic nitrogens is 2. The molecule has 2 N–H and O–H groups in total. The van der Waals surface area contributed by atoms with Gasteiger partial charge in [0.1, 0.15) is 12.1 Å². The molecular weight excluding hydrogens is 417 g/mol. The van der Waals surface area contributed by atoms with Crippen molar-refractivity contribution in [1.82, 2.24) is 15.3 Å². The Bertz CT molecular complexity index is 1210. The Morgan fingerprint density at radius 3 is 2.90 bits per heavy atom. The molecule has 1 aliphatic rings. The highest BCUT2D eigenvalue weighted by molar-refractivity contribution is 6.31. The maximum absolute atomic E-state index is 14.7. The lowest BCUT2D eigenvalue weighted by Gasteiger charge is -2.26. The fourth-order valence-corrected chi connectivity index (χ4v) is 3.53. The van der Waals surface area contributed by atoms with Gasteiger partial charge in [0.2, 0.25) is 5.91 Å². The molecule has 0 spiro atoms. The Morgan fingerprint density at radius 1 is 1.26 bits per heavy atom. The van der Waals surface area contributed by atoms with Gasteiger partial charge < -0.3 is 10.6 Å². The van der Waals surface area contributed by atoms with Gasteiger partial charge in [0.05, 0.1) is 21.6 Å². The van der Waals surface area contributed by atoms with Gasteiger partial charge in [-0.05, 0) is 30.3 Å². The molecule has 2 aromatic carbocycles. The average molecular weight is 438 g/mol. The molecule has 0 aliphatic carbocycles. The van der Waals surface area contributed by atoms with Crippen LogP contribution in [0, 0.1) is 5.82 Å². The standard InChI is InChI=1S/C23H21ClFN5O/c1-14(2)26-11-4-7-20(31)29-17-8-9-18-21-15(17)10-12-30(23(21)28-13-27-18)19-6-3-5-16(24)22(19)25/h3-10,12-14,26H,11H2,1-2H3,(H,29,31)/b7-4+. The summed E-state index contributed by atoms with van der Waals surface area (Å²) in [5.74, 6) is -0.263. The van der Waals surface area contributed by atoms with Crippen molar-refractivity contribution >= 4 is 51.7 Å². The zero-order valence-electron chi connectivity index (χ0n) is 17.1. The molecule has 0 fully saturated rings. The lowest BCUT2D eigenvalue weighted by Crippen LogP contribution is -2.22. The maximum atomic E-state index is 14.7. The van der Waals surface area contributed by atoms with Gasteiger partial charge in [0, 0.05) is 36.1 Å². The zero-order valence-corrected chi connectivity index (χ0v) is 17.8. The zero-order chi connectivity index (χ0) is 22.0. The van der Waals surface area contributed by atoms with Gasteiger partial charge in [-0.25, -0.2) is 14.4 Å². The summed E-state index contributed by atoms with van der Waals surface area (Å²) >= 11 is 5.97. The van der Waals surface area contributed by atoms with Crippen LogP contribution in [0.3, 0.4) is 0 Å². The number of hydrogen-bond acceptors (Lipinski definition) is 5. The molecule has 158 valence electrons. The molecule has 0 bridgehead atoms. The van der Waals surface area contributed by atoms with Gasteiger partial charge in [-0.3, -0.25) is 9.69 Å². The van der Waals surface area contributed by atoms with Crippen LogP contribution in [0.5, 0.6) is 0 Å². The van der Waals surface area contributed by atoms with Crippen LogP contribution in [-0.2, 0) is 4.79 Å². The highest BCUT2D eigenvalue weighted by atomic mass is 35.5. The van der Waals surface area contributed by atoms with E-state index in [-0.39, 0.29) is 16.6 Å². The number of nitrogens with one attached hydrogen (secondary N) is 2. The SMILES string of the molecule is CC(C)NC/C=C/C(=O)Nc1ccc2ncnc3c2c1C=CN3c1cccc(Cl)c1F. The van der Waals surface area contributed by atoms with Crippen molar-refractivity contribution < 1.29 is 9.18 Å². The van der Waals surface area contributed by atoms with E-state index >= 15 is 0 Å². The number of anilines is 3. The van der Waals surface area contributed by atoms with E-state index in [4.69, 9.17) is 11.6 Å². The van der Waals surface area contributed by atoms with Crippen molar-refractivity contribution in [2.45, 2.75) is 19.9 Å². The summed E-state index contributed by atoms with van der Waals surface area (Å²) in [6.07, 6.45) is 8.21. The summed E-state index contributed by atoms with van der Waals surface area (Å²) in [5, 5.41) is 6.87. The molecule has 1 amide bonds. The molecule has 8 heteroatoms. The van der Waals surface area contributed by atoms with Gasteiger partial charge in [-0.15, -0.1) is 0 Å². The molecular formula is C23H21ClFN5O. The second kappa shape index (κ2) is 8.83. The summed E-state index contributed by atoms with van der Waals surface area (Å²) in [7, 11) is 0. The van der Waals surface area contributed by atoms with Crippen LogP contribution >= 0.6 is 11.6 Å². The van der Waals surface area contributed by atoms with E-state index in [9.17, 15) is 9.18 Å². The summed E-state index contributed by atoms with van der Waals surface area (Å²) in [5.41, 5.74) is 2.35. The van der Waals surface area contributed by atoms with Gasteiger partial charge in [-0.1, -0.05) is 37.6 Å². The molecule has 0 unspecified atom stereocenters. The molecule has 4 rings (SSSR count). The van der Waals surface area contributed by atoms with E-state index in [2.05, 4.69) is 20.6 Å². The van der Waals surface area contributed by atoms with Gasteiger partial charge >= 0.3 is 0 Å². The fraction of sp³-hybridized carbons (Fsp3) is 0.174. The molecule has 3 aromatic rings. The van der Waals surface area contributed by atoms with Gasteiger partial charge in [0.15, 0.2) is 5.82 Å². The molecule has 0 saturated heterocycles. The number of hydrogen-bond donors (Lipinski definition) is 2. The number of halogens is 2. The largest absolute Gasteiger partial charge is 0.322 e. The third-order valence-electron chi connectivity index (χ3n) is 4.80. The van der Waals surface area contributed by atoms with E-state index in [1.807, 2.05) is 13.8 Å². The minimum Gasteiger partial charge on any atom is -0.322 e. The Hall–Kier alpha value is -3.29. The third kappa shape index (κ3) is 4.28. The summed E-state index contributed by atoms with van der Waals surface area (Å²) < 4.78 is 14.7. The number of amides is 1. The minimum absolute atomic E-state index is 0.0294. The summed E-state index contributed by atoms with van der Waals surface area (Å²) in [6.45, 7) is 4.68. The van der Waals surface area contributed by atoms with E-state index < -0.39 is 5.82 Å². The Morgan fingerprint density at radius 2 is 2.10 bits per heavy atom. The second-order valence-electron chi connectivity index (χ2n) is 7.33. The van der Waals surface area contributed by atoms with Crippen molar-refractivity contribution in [3.63, 3.8) is 0 Å². The van der Waals surface area contributed by atoms with Crippen LogP contribution in [0.15, 0.2) is 55.0 Å². The molecule has 1 aromatic heterocycles. The fourth-order valence-electron chi connectivity index (χ4n) is 3.36. The Balaban J connectivity index is 1.69. The quantitative estimate of drug-likeness (QED) is 0.529. The van der Waals surface area contributed by atoms with E-state index in [1.54, 1.807) is 47.5 Å². The van der Waals surface area contributed by atoms with Gasteiger partial charge in [-0.2, -0.15) is 0 Å². The predicted octanol–water partition coefficient (Wildman–Crippen LogP) is 5.04. The first-order valence-electron chi connectivity index (χ1n) is 9.86. The van der Waals surface area contributed by atoms with Crippen molar-refractivity contribution in [3.8, 4) is 0 Å². The van der Waals surface area contributed by atoms with Crippen molar-refractivity contribution in [1.29, 1.82) is 0 Å². The summed E-state index contributed by atoms with van der Waals surface area (Å²) in [6, 6.07) is 8.75. The van der Waals surface area contributed by atoms with Crippen LogP contribution in [0.2, 0.25) is 5.02 Å². The second-order valence-corrected chi connectivity index (χ2v) is 7.74. The number of nitrogens with zero attached hydrogens (tertiary/aromatic N) is 3. The number of benzene rings is 2. The lowest BCUT2D eigenvalue weighted by molar-refractivity contribution is -0.111. The molecule has 0 radical (unpaired) electrons. The van der Waals surface area contributed by atoms with Crippen LogP contribution in [0.4, 0.5) is 21.6 Å². The van der Waals surface area contributed by atoms with Crippen LogP contribution < -0.4 is 15.5 Å². The molecule has 0 atom stereocenters. The topological polar surface area (TPSA) is 70.1 Å². The Kier molecular flexibility index (Phi) is 5.97. The predicted molar refractivity (Wildman–Crippen MR) is 123 cm³/mol. The van der Waals surface area contributed by atoms with Gasteiger partial charge in [0.25, 0.3) is 0 Å². The number of carbonyl (C=O) groups excluding carboxylic acids is 1. The number of carbonyl (C=O) groups is 1. The minimum atomic E-state index is -0.534. The normalized spacial score (nSPS) is 12.9. The lowest BCUT2D eigenvalue weighted by atomic mass is 10.0. The smallest absolute Gasteiger partial charge is 0.248 e. The van der Waals surface area contributed by atoms with Crippen LogP contribution in [-0.4, -0.2) is 28.5 Å². The van der Waals surface area contributed by atoms with E-state index in [0.717, 1.165) is 5.56 Å². The first kappa shape index (κ1) is 21.0. The van der Waals surface area contributed by atoms with Crippen molar-refractivity contribution in [3.05, 3.63) is 71.4 Å². The monoisotopic (exact) mass is 437 g/mol. The first-order valence-corrected chi connectivity index (χ1v) is 10.2. The van der Waals surface area contributed by atoms with E-state index in [1.165, 1.54) is 18.5 Å². The van der Waals surface area contributed by atoms with Crippen LogP contribution in [0.1, 0.15) is 19.4 Å². The molecule has 6 nitrogen and oxygen atoms in total. The number of rotatable bonds is 6. The third-order valence-corrected chi connectivity index (χ3v) is 5.10. The molecule has 1 aliphatic heterocycles. The van der Waals surface area contributed by atoms with E-state index in [0.29, 0.717) is 35.0 Å². The highest BCUT2D eigenvalue weighted by Gasteiger charge is 2.23. The molecule has 2 heterocycles. The van der Waals surface area contributed by atoms with Crippen LogP contribution in [0.25, 0.3) is 17.0 Å². The summed E-state index contributed by atoms with van der Waals surface area (Å²) in [4.78, 5) is 22.7. The van der Waals surface area contributed by atoms with Crippen molar-refractivity contribution in [2.24, 2.45) is 0 Å².